The Balaban J connectivity index is 1.74. The first-order valence-corrected chi connectivity index (χ1v) is 8.29. The van der Waals surface area contributed by atoms with Crippen molar-refractivity contribution < 1.29 is 14.7 Å². The zero-order valence-corrected chi connectivity index (χ0v) is 13.5. The molecular formula is C17H23N3O3. The molecule has 0 aliphatic carbocycles. The smallest absolute Gasteiger partial charge is 0.337 e. The highest BCUT2D eigenvalue weighted by Gasteiger charge is 2.48. The van der Waals surface area contributed by atoms with Crippen LogP contribution in [0, 0.1) is 5.41 Å². The lowest BCUT2D eigenvalue weighted by atomic mass is 9.78. The number of likely N-dealkylation sites (tertiary alicyclic amines) is 1. The van der Waals surface area contributed by atoms with Crippen molar-refractivity contribution in [3.05, 3.63) is 23.9 Å². The molecule has 0 bridgehead atoms. The van der Waals surface area contributed by atoms with Gasteiger partial charge in [-0.05, 0) is 37.8 Å². The van der Waals surface area contributed by atoms with Crippen molar-refractivity contribution >= 4 is 17.7 Å². The van der Waals surface area contributed by atoms with Gasteiger partial charge in [0.2, 0.25) is 5.91 Å². The molecule has 2 fully saturated rings. The van der Waals surface area contributed by atoms with E-state index < -0.39 is 5.97 Å². The lowest BCUT2D eigenvalue weighted by Gasteiger charge is -2.39. The SMILES string of the molecule is CCCN1CCCC2(CCN(c3ccc(C(=O)O)cn3)C2)C1=O. The molecule has 0 radical (unpaired) electrons. The monoisotopic (exact) mass is 317 g/mol. The average molecular weight is 317 g/mol. The Hall–Kier alpha value is -2.11. The zero-order valence-electron chi connectivity index (χ0n) is 13.5. The van der Waals surface area contributed by atoms with E-state index in [1.165, 1.54) is 6.20 Å². The van der Waals surface area contributed by atoms with Gasteiger partial charge in [0.05, 0.1) is 11.0 Å². The number of amides is 1. The number of aromatic carboxylic acids is 1. The maximum Gasteiger partial charge on any atom is 0.337 e. The summed E-state index contributed by atoms with van der Waals surface area (Å²) in [6.45, 7) is 5.30. The Morgan fingerprint density at radius 3 is 2.83 bits per heavy atom. The van der Waals surface area contributed by atoms with Crippen molar-refractivity contribution in [3.8, 4) is 0 Å². The number of nitrogens with zero attached hydrogens (tertiary/aromatic N) is 3. The van der Waals surface area contributed by atoms with Gasteiger partial charge in [-0.2, -0.15) is 0 Å². The third-order valence-corrected chi connectivity index (χ3v) is 4.99. The molecule has 3 rings (SSSR count). The predicted octanol–water partition coefficient (Wildman–Crippen LogP) is 2.01. The first kappa shape index (κ1) is 15.8. The molecule has 1 spiro atoms. The van der Waals surface area contributed by atoms with Gasteiger partial charge in [0.1, 0.15) is 5.82 Å². The largest absolute Gasteiger partial charge is 0.478 e. The van der Waals surface area contributed by atoms with E-state index in [0.717, 1.165) is 51.1 Å². The van der Waals surface area contributed by atoms with Crippen molar-refractivity contribution in [2.24, 2.45) is 5.41 Å². The number of pyridine rings is 1. The van der Waals surface area contributed by atoms with Crippen LogP contribution in [0.15, 0.2) is 18.3 Å². The van der Waals surface area contributed by atoms with Gasteiger partial charge in [-0.15, -0.1) is 0 Å². The summed E-state index contributed by atoms with van der Waals surface area (Å²) in [5.74, 6) is 0.0714. The average Bonchev–Trinajstić information content (AvgIpc) is 2.97. The van der Waals surface area contributed by atoms with Gasteiger partial charge in [0, 0.05) is 32.4 Å². The Bertz CT molecular complexity index is 600. The molecule has 1 amide bonds. The maximum atomic E-state index is 12.9. The molecule has 0 aromatic carbocycles. The highest BCUT2D eigenvalue weighted by molar-refractivity contribution is 5.87. The molecular weight excluding hydrogens is 294 g/mol. The number of anilines is 1. The van der Waals surface area contributed by atoms with Crippen LogP contribution in [0.2, 0.25) is 0 Å². The van der Waals surface area contributed by atoms with Crippen molar-refractivity contribution in [2.75, 3.05) is 31.1 Å². The van der Waals surface area contributed by atoms with Gasteiger partial charge in [0.25, 0.3) is 0 Å². The molecule has 1 atom stereocenters. The molecule has 1 aromatic heterocycles. The summed E-state index contributed by atoms with van der Waals surface area (Å²) in [6.07, 6.45) is 5.23. The molecule has 6 heteroatoms. The van der Waals surface area contributed by atoms with Crippen LogP contribution in [-0.2, 0) is 4.79 Å². The predicted molar refractivity (Wildman–Crippen MR) is 86.6 cm³/mol. The lowest BCUT2D eigenvalue weighted by molar-refractivity contribution is -0.145. The van der Waals surface area contributed by atoms with Gasteiger partial charge in [-0.3, -0.25) is 4.79 Å². The summed E-state index contributed by atoms with van der Waals surface area (Å²) >= 11 is 0. The van der Waals surface area contributed by atoms with Crippen LogP contribution in [0.3, 0.4) is 0 Å². The Morgan fingerprint density at radius 2 is 2.17 bits per heavy atom. The molecule has 3 heterocycles. The number of hydrogen-bond donors (Lipinski definition) is 1. The van der Waals surface area contributed by atoms with Crippen molar-refractivity contribution in [1.29, 1.82) is 0 Å². The standard InChI is InChI=1S/C17H23N3O3/c1-2-8-19-9-3-6-17(16(19)23)7-10-20(12-17)14-5-4-13(11-18-14)15(21)22/h4-5,11H,2-3,6-10,12H2,1H3,(H,21,22). The first-order valence-electron chi connectivity index (χ1n) is 8.29. The summed E-state index contributed by atoms with van der Waals surface area (Å²) in [5, 5.41) is 8.95. The minimum absolute atomic E-state index is 0.186. The number of carbonyl (C=O) groups is 2. The summed E-state index contributed by atoms with van der Waals surface area (Å²) in [5.41, 5.74) is -0.0915. The van der Waals surface area contributed by atoms with Gasteiger partial charge in [0.15, 0.2) is 0 Å². The van der Waals surface area contributed by atoms with Crippen molar-refractivity contribution in [1.82, 2.24) is 9.88 Å². The van der Waals surface area contributed by atoms with E-state index in [4.69, 9.17) is 5.11 Å². The molecule has 1 N–H and O–H groups in total. The maximum absolute atomic E-state index is 12.9. The number of carboxylic acid groups (broad SMARTS) is 1. The van der Waals surface area contributed by atoms with Gasteiger partial charge in [-0.1, -0.05) is 6.92 Å². The number of carbonyl (C=O) groups excluding carboxylic acids is 1. The zero-order chi connectivity index (χ0) is 16.4. The van der Waals surface area contributed by atoms with E-state index in [9.17, 15) is 9.59 Å². The normalized spacial score (nSPS) is 24.5. The molecule has 6 nitrogen and oxygen atoms in total. The minimum Gasteiger partial charge on any atom is -0.478 e. The highest BCUT2D eigenvalue weighted by Crippen LogP contribution is 2.41. The quantitative estimate of drug-likeness (QED) is 0.919. The molecule has 23 heavy (non-hydrogen) atoms. The van der Waals surface area contributed by atoms with Crippen LogP contribution in [0.4, 0.5) is 5.82 Å². The van der Waals surface area contributed by atoms with Crippen LogP contribution in [0.25, 0.3) is 0 Å². The summed E-state index contributed by atoms with van der Waals surface area (Å²) in [7, 11) is 0. The number of piperidine rings is 1. The highest BCUT2D eigenvalue weighted by atomic mass is 16.4. The van der Waals surface area contributed by atoms with E-state index in [-0.39, 0.29) is 16.9 Å². The van der Waals surface area contributed by atoms with E-state index in [1.807, 2.05) is 4.90 Å². The van der Waals surface area contributed by atoms with Gasteiger partial charge >= 0.3 is 5.97 Å². The number of hydrogen-bond acceptors (Lipinski definition) is 4. The summed E-state index contributed by atoms with van der Waals surface area (Å²) in [6, 6.07) is 3.31. The van der Waals surface area contributed by atoms with Crippen LogP contribution in [0.1, 0.15) is 43.0 Å². The Labute approximate surface area is 136 Å². The molecule has 2 saturated heterocycles. The Morgan fingerprint density at radius 1 is 1.35 bits per heavy atom. The molecule has 1 aromatic rings. The minimum atomic E-state index is -0.973. The number of aromatic nitrogens is 1. The molecule has 124 valence electrons. The third-order valence-electron chi connectivity index (χ3n) is 4.99. The second kappa shape index (κ2) is 6.18. The number of carboxylic acids is 1. The van der Waals surface area contributed by atoms with Crippen molar-refractivity contribution in [3.63, 3.8) is 0 Å². The van der Waals surface area contributed by atoms with E-state index >= 15 is 0 Å². The lowest BCUT2D eigenvalue weighted by Crippen LogP contribution is -2.50. The van der Waals surface area contributed by atoms with Gasteiger partial charge < -0.3 is 14.9 Å². The summed E-state index contributed by atoms with van der Waals surface area (Å²) in [4.78, 5) is 32.2. The second-order valence-corrected chi connectivity index (χ2v) is 6.56. The van der Waals surface area contributed by atoms with Crippen molar-refractivity contribution in [2.45, 2.75) is 32.6 Å². The van der Waals surface area contributed by atoms with E-state index in [2.05, 4.69) is 16.8 Å². The van der Waals surface area contributed by atoms with Gasteiger partial charge in [-0.25, -0.2) is 9.78 Å². The van der Waals surface area contributed by atoms with Crippen LogP contribution in [-0.4, -0.2) is 53.0 Å². The van der Waals surface area contributed by atoms with E-state index in [0.29, 0.717) is 6.54 Å². The van der Waals surface area contributed by atoms with Crippen LogP contribution < -0.4 is 4.90 Å². The van der Waals surface area contributed by atoms with E-state index in [1.54, 1.807) is 12.1 Å². The second-order valence-electron chi connectivity index (χ2n) is 6.56. The molecule has 2 aliphatic rings. The molecule has 2 aliphatic heterocycles. The third kappa shape index (κ3) is 2.90. The van der Waals surface area contributed by atoms with Crippen LogP contribution >= 0.6 is 0 Å². The summed E-state index contributed by atoms with van der Waals surface area (Å²) < 4.78 is 0. The fraction of sp³-hybridized carbons (Fsp3) is 0.588. The first-order chi connectivity index (χ1) is 11.1. The fourth-order valence-electron chi connectivity index (χ4n) is 3.78. The number of rotatable bonds is 4. The Kier molecular flexibility index (Phi) is 4.24. The molecule has 1 unspecified atom stereocenters. The topological polar surface area (TPSA) is 73.7 Å². The van der Waals surface area contributed by atoms with Crippen LogP contribution in [0.5, 0.6) is 0 Å². The fourth-order valence-corrected chi connectivity index (χ4v) is 3.78. The molecule has 0 saturated carbocycles.